The molecule has 4 heteroatoms. The van der Waals surface area contributed by atoms with Crippen molar-refractivity contribution in [2.45, 2.75) is 31.8 Å². The summed E-state index contributed by atoms with van der Waals surface area (Å²) < 4.78 is 11.2. The van der Waals surface area contributed by atoms with E-state index in [1.54, 1.807) is 0 Å². The van der Waals surface area contributed by atoms with Crippen LogP contribution in [0.2, 0.25) is 0 Å². The largest absolute Gasteiger partial charge is 0.310 e. The van der Waals surface area contributed by atoms with E-state index in [-0.39, 0.29) is 0 Å². The Kier molecular flexibility index (Phi) is 2.96. The lowest BCUT2D eigenvalue weighted by atomic mass is 10.0. The van der Waals surface area contributed by atoms with Crippen LogP contribution in [0.4, 0.5) is 0 Å². The predicted molar refractivity (Wildman–Crippen MR) is 59.9 cm³/mol. The predicted octanol–water partition coefficient (Wildman–Crippen LogP) is 0.191. The maximum absolute atomic E-state index is 11.2. The molecular weight excluding hydrogens is 196 g/mol. The molecule has 1 unspecified atom stereocenters. The van der Waals surface area contributed by atoms with Gasteiger partial charge in [0, 0.05) is 53.5 Å². The summed E-state index contributed by atoms with van der Waals surface area (Å²) in [5.74, 6) is 1.74. The Morgan fingerprint density at radius 1 is 1.36 bits per heavy atom. The van der Waals surface area contributed by atoms with E-state index >= 15 is 0 Å². The maximum atomic E-state index is 11.2. The number of nitrogens with one attached hydrogen (secondary N) is 1. The first-order chi connectivity index (χ1) is 6.57. The van der Waals surface area contributed by atoms with E-state index in [2.05, 4.69) is 24.1 Å². The van der Waals surface area contributed by atoms with Gasteiger partial charge in [0.05, 0.1) is 0 Å². The van der Waals surface area contributed by atoms with Crippen molar-refractivity contribution in [3.05, 3.63) is 0 Å². The molecule has 0 amide bonds. The van der Waals surface area contributed by atoms with Crippen LogP contribution < -0.4 is 5.32 Å². The highest BCUT2D eigenvalue weighted by atomic mass is 32.2. The van der Waals surface area contributed by atoms with Crippen molar-refractivity contribution in [1.82, 2.24) is 10.2 Å². The average molecular weight is 216 g/mol. The molecule has 0 saturated carbocycles. The molecule has 0 radical (unpaired) electrons. The van der Waals surface area contributed by atoms with Crippen LogP contribution in [0, 0.1) is 0 Å². The fraction of sp³-hybridized carbons (Fsp3) is 1.00. The third kappa shape index (κ3) is 2.35. The first-order valence-corrected chi connectivity index (χ1v) is 6.90. The van der Waals surface area contributed by atoms with Crippen molar-refractivity contribution < 1.29 is 4.21 Å². The van der Waals surface area contributed by atoms with E-state index in [1.807, 2.05) is 0 Å². The van der Waals surface area contributed by atoms with Gasteiger partial charge in [-0.25, -0.2) is 0 Å². The second-order valence-corrected chi connectivity index (χ2v) is 6.70. The Bertz CT molecular complexity index is 232. The normalized spacial score (nSPS) is 34.9. The van der Waals surface area contributed by atoms with Gasteiger partial charge in [0.15, 0.2) is 0 Å². The first-order valence-electron chi connectivity index (χ1n) is 5.41. The lowest BCUT2D eigenvalue weighted by Gasteiger charge is -2.31. The molecule has 1 atom stereocenters. The van der Waals surface area contributed by atoms with Gasteiger partial charge in [0.25, 0.3) is 0 Å². The first kappa shape index (κ1) is 10.6. The molecule has 1 N–H and O–H groups in total. The van der Waals surface area contributed by atoms with Gasteiger partial charge in [0.2, 0.25) is 0 Å². The number of hydrogen-bond donors (Lipinski definition) is 1. The molecule has 0 aromatic carbocycles. The summed E-state index contributed by atoms with van der Waals surface area (Å²) in [6, 6.07) is 0.669. The highest BCUT2D eigenvalue weighted by molar-refractivity contribution is 7.85. The van der Waals surface area contributed by atoms with Crippen molar-refractivity contribution in [3.8, 4) is 0 Å². The fourth-order valence-corrected chi connectivity index (χ4v) is 3.48. The van der Waals surface area contributed by atoms with Crippen molar-refractivity contribution in [2.75, 3.05) is 31.1 Å². The van der Waals surface area contributed by atoms with Crippen LogP contribution in [-0.4, -0.2) is 51.8 Å². The van der Waals surface area contributed by atoms with Crippen LogP contribution in [0.3, 0.4) is 0 Å². The Morgan fingerprint density at radius 3 is 2.50 bits per heavy atom. The number of hydrogen-bond acceptors (Lipinski definition) is 3. The van der Waals surface area contributed by atoms with Gasteiger partial charge in [-0.05, 0) is 20.3 Å². The minimum Gasteiger partial charge on any atom is -0.310 e. The zero-order valence-electron chi connectivity index (χ0n) is 9.08. The van der Waals surface area contributed by atoms with E-state index in [1.165, 1.54) is 6.42 Å². The molecule has 14 heavy (non-hydrogen) atoms. The molecule has 0 bridgehead atoms. The third-order valence-corrected chi connectivity index (χ3v) is 4.57. The lowest BCUT2D eigenvalue weighted by Crippen LogP contribution is -2.45. The Balaban J connectivity index is 1.88. The van der Waals surface area contributed by atoms with E-state index < -0.39 is 10.8 Å². The van der Waals surface area contributed by atoms with Crippen molar-refractivity contribution in [3.63, 3.8) is 0 Å². The zero-order chi connectivity index (χ0) is 10.2. The highest BCUT2D eigenvalue weighted by Crippen LogP contribution is 2.22. The standard InChI is InChI=1S/C10H20N2OS/c1-10(2)7-9(8-11-10)12-3-5-14(13)6-4-12/h9,11H,3-8H2,1-2H3. The van der Waals surface area contributed by atoms with Crippen LogP contribution in [-0.2, 0) is 10.8 Å². The number of rotatable bonds is 1. The summed E-state index contributed by atoms with van der Waals surface area (Å²) in [7, 11) is -0.542. The van der Waals surface area contributed by atoms with Gasteiger partial charge in [-0.2, -0.15) is 0 Å². The SMILES string of the molecule is CC1(C)CC(N2CCS(=O)CC2)CN1. The smallest absolute Gasteiger partial charge is 0.0363 e. The second-order valence-electron chi connectivity index (χ2n) is 5.01. The maximum Gasteiger partial charge on any atom is 0.0363 e. The van der Waals surface area contributed by atoms with Crippen LogP contribution in [0.15, 0.2) is 0 Å². The molecule has 0 aliphatic carbocycles. The molecule has 82 valence electrons. The molecule has 2 heterocycles. The third-order valence-electron chi connectivity index (χ3n) is 3.29. The van der Waals surface area contributed by atoms with Gasteiger partial charge >= 0.3 is 0 Å². The van der Waals surface area contributed by atoms with Gasteiger partial charge in [-0.1, -0.05) is 0 Å². The van der Waals surface area contributed by atoms with Gasteiger partial charge in [-0.3, -0.25) is 9.11 Å². The summed E-state index contributed by atoms with van der Waals surface area (Å²) >= 11 is 0. The molecule has 0 aromatic rings. The molecule has 2 fully saturated rings. The molecule has 3 nitrogen and oxygen atoms in total. The van der Waals surface area contributed by atoms with E-state index in [0.717, 1.165) is 31.1 Å². The van der Waals surface area contributed by atoms with Crippen molar-refractivity contribution in [1.29, 1.82) is 0 Å². The van der Waals surface area contributed by atoms with Crippen LogP contribution >= 0.6 is 0 Å². The topological polar surface area (TPSA) is 32.3 Å². The number of nitrogens with zero attached hydrogens (tertiary/aromatic N) is 1. The highest BCUT2D eigenvalue weighted by Gasteiger charge is 2.34. The molecule has 2 rings (SSSR count). The Hall–Kier alpha value is 0.0700. The van der Waals surface area contributed by atoms with E-state index in [4.69, 9.17) is 0 Å². The monoisotopic (exact) mass is 216 g/mol. The summed E-state index contributed by atoms with van der Waals surface area (Å²) in [4.78, 5) is 2.50. The lowest BCUT2D eigenvalue weighted by molar-refractivity contribution is 0.221. The van der Waals surface area contributed by atoms with E-state index in [9.17, 15) is 4.21 Å². The minimum absolute atomic E-state index is 0.293. The Morgan fingerprint density at radius 2 is 2.00 bits per heavy atom. The average Bonchev–Trinajstić information content (AvgIpc) is 2.47. The van der Waals surface area contributed by atoms with E-state index in [0.29, 0.717) is 11.6 Å². The Labute approximate surface area is 88.7 Å². The zero-order valence-corrected chi connectivity index (χ0v) is 9.90. The summed E-state index contributed by atoms with van der Waals surface area (Å²) in [6.45, 7) is 7.66. The molecule has 0 spiro atoms. The second kappa shape index (κ2) is 3.91. The van der Waals surface area contributed by atoms with Crippen LogP contribution in [0.1, 0.15) is 20.3 Å². The van der Waals surface area contributed by atoms with Crippen molar-refractivity contribution in [2.24, 2.45) is 0 Å². The molecule has 2 aliphatic rings. The van der Waals surface area contributed by atoms with Crippen molar-refractivity contribution >= 4 is 10.8 Å². The van der Waals surface area contributed by atoms with Gasteiger partial charge < -0.3 is 5.32 Å². The van der Waals surface area contributed by atoms with Gasteiger partial charge in [-0.15, -0.1) is 0 Å². The molecular formula is C10H20N2OS. The molecule has 2 aliphatic heterocycles. The summed E-state index contributed by atoms with van der Waals surface area (Å²) in [6.07, 6.45) is 1.22. The summed E-state index contributed by atoms with van der Waals surface area (Å²) in [5, 5.41) is 3.54. The van der Waals surface area contributed by atoms with Crippen LogP contribution in [0.5, 0.6) is 0 Å². The quantitative estimate of drug-likeness (QED) is 0.679. The fourth-order valence-electron chi connectivity index (χ4n) is 2.40. The summed E-state index contributed by atoms with van der Waals surface area (Å²) in [5.41, 5.74) is 0.293. The molecule has 0 aromatic heterocycles. The van der Waals surface area contributed by atoms with Crippen LogP contribution in [0.25, 0.3) is 0 Å². The van der Waals surface area contributed by atoms with Gasteiger partial charge in [0.1, 0.15) is 0 Å². The minimum atomic E-state index is -0.542. The molecule has 2 saturated heterocycles.